The van der Waals surface area contributed by atoms with Gasteiger partial charge in [0.2, 0.25) is 0 Å². The molecule has 0 fully saturated rings. The molecule has 0 saturated carbocycles. The lowest BCUT2D eigenvalue weighted by Crippen LogP contribution is -2.36. The van der Waals surface area contributed by atoms with Crippen LogP contribution in [0.15, 0.2) is 59.5 Å². The number of anilines is 1. The molecular weight excluding hydrogens is 483 g/mol. The first-order chi connectivity index (χ1) is 16.8. The molecule has 0 radical (unpaired) electrons. The number of carbonyl (C=O) groups is 2. The molecule has 1 aromatic heterocycles. The summed E-state index contributed by atoms with van der Waals surface area (Å²) in [5.41, 5.74) is 0.829. The number of aromatic nitrogens is 1. The molecule has 0 aliphatic heterocycles. The van der Waals surface area contributed by atoms with Crippen LogP contribution < -0.4 is 20.9 Å². The molecule has 12 heteroatoms. The van der Waals surface area contributed by atoms with Gasteiger partial charge in [0, 0.05) is 13.2 Å². The average Bonchev–Trinajstić information content (AvgIpc) is 2.78. The predicted octanol–water partition coefficient (Wildman–Crippen LogP) is 4.30. The van der Waals surface area contributed by atoms with E-state index in [-0.39, 0.29) is 0 Å². The maximum absolute atomic E-state index is 12.6. The molecule has 0 aliphatic rings. The van der Waals surface area contributed by atoms with Crippen molar-refractivity contribution in [1.82, 2.24) is 9.88 Å². The zero-order valence-corrected chi connectivity index (χ0v) is 19.1. The fraction of sp³-hybridized carbons (Fsp3) is 0.208. The van der Waals surface area contributed by atoms with Gasteiger partial charge in [0.15, 0.2) is 5.69 Å². The van der Waals surface area contributed by atoms with Crippen molar-refractivity contribution in [2.24, 2.45) is 7.05 Å². The van der Waals surface area contributed by atoms with Gasteiger partial charge in [0.05, 0.1) is 12.5 Å². The molecule has 0 spiro atoms. The summed E-state index contributed by atoms with van der Waals surface area (Å²) in [5, 5.41) is 24.0. The standard InChI is InChI=1S/C24H22F3N3O6/c1-13-6-7-15(11-17(13)14-4-3-5-16(10-14)36-24(25,26)27)18(12-20(32)33)28-23(35)29-21-19(31)8-9-30(2)22(21)34/h3-11,18,31H,12H2,1-2H3,(H,32,33)(H2,28,29,35). The van der Waals surface area contributed by atoms with Gasteiger partial charge >= 0.3 is 18.4 Å². The summed E-state index contributed by atoms with van der Waals surface area (Å²) in [7, 11) is 1.42. The zero-order chi connectivity index (χ0) is 26.6. The minimum absolute atomic E-state index is 0.348. The normalized spacial score (nSPS) is 12.0. The van der Waals surface area contributed by atoms with E-state index >= 15 is 0 Å². The van der Waals surface area contributed by atoms with E-state index in [0.717, 1.165) is 10.6 Å². The van der Waals surface area contributed by atoms with Crippen LogP contribution in [0.5, 0.6) is 11.5 Å². The molecule has 2 aromatic carbocycles. The number of carboxylic acids is 1. The lowest BCUT2D eigenvalue weighted by molar-refractivity contribution is -0.274. The molecule has 1 unspecified atom stereocenters. The first-order valence-electron chi connectivity index (χ1n) is 10.5. The van der Waals surface area contributed by atoms with E-state index in [1.54, 1.807) is 31.2 Å². The van der Waals surface area contributed by atoms with Crippen LogP contribution in [0.1, 0.15) is 23.6 Å². The number of aromatic hydroxyl groups is 1. The van der Waals surface area contributed by atoms with E-state index < -0.39 is 53.6 Å². The summed E-state index contributed by atoms with van der Waals surface area (Å²) in [4.78, 5) is 36.3. The van der Waals surface area contributed by atoms with Crippen molar-refractivity contribution >= 4 is 17.7 Å². The van der Waals surface area contributed by atoms with Crippen molar-refractivity contribution < 1.29 is 37.7 Å². The Morgan fingerprint density at radius 2 is 1.86 bits per heavy atom. The van der Waals surface area contributed by atoms with Gasteiger partial charge in [-0.3, -0.25) is 9.59 Å². The Hall–Kier alpha value is -4.48. The third-order valence-electron chi connectivity index (χ3n) is 5.21. The first kappa shape index (κ1) is 26.1. The van der Waals surface area contributed by atoms with Crippen molar-refractivity contribution in [1.29, 1.82) is 0 Å². The molecule has 190 valence electrons. The smallest absolute Gasteiger partial charge is 0.505 e. The number of carbonyl (C=O) groups excluding carboxylic acids is 1. The Morgan fingerprint density at radius 3 is 2.53 bits per heavy atom. The van der Waals surface area contributed by atoms with Crippen LogP contribution in [0, 0.1) is 6.92 Å². The van der Waals surface area contributed by atoms with Crippen LogP contribution in [-0.4, -0.2) is 33.1 Å². The molecule has 1 atom stereocenters. The highest BCUT2D eigenvalue weighted by Crippen LogP contribution is 2.32. The number of alkyl halides is 3. The highest BCUT2D eigenvalue weighted by atomic mass is 19.4. The topological polar surface area (TPSA) is 130 Å². The fourth-order valence-electron chi connectivity index (χ4n) is 3.50. The summed E-state index contributed by atoms with van der Waals surface area (Å²) < 4.78 is 43.0. The molecule has 36 heavy (non-hydrogen) atoms. The number of nitrogens with one attached hydrogen (secondary N) is 2. The number of carboxylic acid groups (broad SMARTS) is 1. The summed E-state index contributed by atoms with van der Waals surface area (Å²) in [6.07, 6.45) is -4.10. The number of hydrogen-bond donors (Lipinski definition) is 4. The number of amides is 2. The Balaban J connectivity index is 1.92. The largest absolute Gasteiger partial charge is 0.573 e. The number of pyridine rings is 1. The van der Waals surface area contributed by atoms with E-state index in [4.69, 9.17) is 0 Å². The average molecular weight is 505 g/mol. The van der Waals surface area contributed by atoms with Crippen LogP contribution in [0.2, 0.25) is 0 Å². The fourth-order valence-corrected chi connectivity index (χ4v) is 3.50. The number of nitrogens with zero attached hydrogens (tertiary/aromatic N) is 1. The Kier molecular flexibility index (Phi) is 7.56. The van der Waals surface area contributed by atoms with Crippen molar-refractivity contribution in [3.63, 3.8) is 0 Å². The SMILES string of the molecule is Cc1ccc(C(CC(=O)O)NC(=O)Nc2c(O)ccn(C)c2=O)cc1-c1cccc(OC(F)(F)F)c1. The molecule has 3 aromatic rings. The van der Waals surface area contributed by atoms with Crippen molar-refractivity contribution in [2.75, 3.05) is 5.32 Å². The van der Waals surface area contributed by atoms with Gasteiger partial charge in [0.25, 0.3) is 5.56 Å². The first-order valence-corrected chi connectivity index (χ1v) is 10.5. The van der Waals surface area contributed by atoms with Crippen LogP contribution in [0.25, 0.3) is 11.1 Å². The second-order valence-corrected chi connectivity index (χ2v) is 7.89. The van der Waals surface area contributed by atoms with Crippen LogP contribution in [0.4, 0.5) is 23.7 Å². The van der Waals surface area contributed by atoms with Gasteiger partial charge in [-0.25, -0.2) is 4.79 Å². The van der Waals surface area contributed by atoms with Crippen molar-refractivity contribution in [2.45, 2.75) is 25.7 Å². The number of benzene rings is 2. The number of rotatable bonds is 7. The maximum atomic E-state index is 12.6. The van der Waals surface area contributed by atoms with Crippen LogP contribution in [0.3, 0.4) is 0 Å². The summed E-state index contributed by atoms with van der Waals surface area (Å²) in [6.45, 7) is 1.72. The quantitative estimate of drug-likeness (QED) is 0.379. The Labute approximate surface area is 202 Å². The van der Waals surface area contributed by atoms with Gasteiger partial charge < -0.3 is 30.2 Å². The lowest BCUT2D eigenvalue weighted by atomic mass is 9.94. The third-order valence-corrected chi connectivity index (χ3v) is 5.21. The molecule has 1 heterocycles. The van der Waals surface area contributed by atoms with E-state index in [9.17, 15) is 37.8 Å². The number of aliphatic carboxylic acids is 1. The van der Waals surface area contributed by atoms with Gasteiger partial charge in [-0.15, -0.1) is 13.2 Å². The zero-order valence-electron chi connectivity index (χ0n) is 19.1. The monoisotopic (exact) mass is 505 g/mol. The number of ether oxygens (including phenoxy) is 1. The van der Waals surface area contributed by atoms with Crippen LogP contribution >= 0.6 is 0 Å². The van der Waals surface area contributed by atoms with E-state index in [1.807, 2.05) is 0 Å². The minimum atomic E-state index is -4.87. The molecule has 9 nitrogen and oxygen atoms in total. The third kappa shape index (κ3) is 6.56. The van der Waals surface area contributed by atoms with Gasteiger partial charge in [-0.2, -0.15) is 0 Å². The molecule has 0 bridgehead atoms. The highest BCUT2D eigenvalue weighted by Gasteiger charge is 2.31. The molecule has 4 N–H and O–H groups in total. The van der Waals surface area contributed by atoms with Crippen molar-refractivity contribution in [3.05, 3.63) is 76.2 Å². The summed E-state index contributed by atoms with van der Waals surface area (Å²) >= 11 is 0. The number of aryl methyl sites for hydroxylation is 2. The minimum Gasteiger partial charge on any atom is -0.505 e. The maximum Gasteiger partial charge on any atom is 0.573 e. The van der Waals surface area contributed by atoms with E-state index in [2.05, 4.69) is 15.4 Å². The van der Waals surface area contributed by atoms with E-state index in [1.165, 1.54) is 31.4 Å². The number of urea groups is 1. The highest BCUT2D eigenvalue weighted by molar-refractivity contribution is 5.91. The summed E-state index contributed by atoms with van der Waals surface area (Å²) in [5.74, 6) is -2.13. The predicted molar refractivity (Wildman–Crippen MR) is 124 cm³/mol. The van der Waals surface area contributed by atoms with Gasteiger partial charge in [-0.1, -0.05) is 24.3 Å². The molecule has 0 saturated heterocycles. The van der Waals surface area contributed by atoms with E-state index in [0.29, 0.717) is 22.3 Å². The molecule has 3 rings (SSSR count). The second kappa shape index (κ2) is 10.4. The lowest BCUT2D eigenvalue weighted by Gasteiger charge is -2.20. The molecule has 2 amide bonds. The number of hydrogen-bond acceptors (Lipinski definition) is 5. The number of halogens is 3. The van der Waals surface area contributed by atoms with Crippen molar-refractivity contribution in [3.8, 4) is 22.6 Å². The Bertz CT molecular complexity index is 1350. The summed E-state index contributed by atoms with van der Waals surface area (Å²) in [6, 6.07) is 9.23. The molecular formula is C24H22F3N3O6. The van der Waals surface area contributed by atoms with Gasteiger partial charge in [0.1, 0.15) is 11.5 Å². The Morgan fingerprint density at radius 1 is 1.14 bits per heavy atom. The molecule has 0 aliphatic carbocycles. The van der Waals surface area contributed by atoms with Crippen LogP contribution in [-0.2, 0) is 11.8 Å². The van der Waals surface area contributed by atoms with Gasteiger partial charge in [-0.05, 0) is 53.4 Å². The second-order valence-electron chi connectivity index (χ2n) is 7.89.